The van der Waals surface area contributed by atoms with Gasteiger partial charge in [0.05, 0.1) is 0 Å². The molecule has 0 radical (unpaired) electrons. The van der Waals surface area contributed by atoms with E-state index in [-0.39, 0.29) is 0 Å². The van der Waals surface area contributed by atoms with E-state index in [4.69, 9.17) is 5.21 Å². The van der Waals surface area contributed by atoms with Crippen LogP contribution in [0.1, 0.15) is 32.1 Å². The Kier molecular flexibility index (Phi) is 2.19. The topological polar surface area (TPSA) is 35.8 Å². The van der Waals surface area contributed by atoms with Crippen molar-refractivity contribution in [2.45, 2.75) is 32.1 Å². The summed E-state index contributed by atoms with van der Waals surface area (Å²) in [6.07, 6.45) is 6.14. The largest absolute Gasteiger partial charge is 0.409 e. The summed E-state index contributed by atoms with van der Waals surface area (Å²) < 4.78 is 0. The van der Waals surface area contributed by atoms with Crippen LogP contribution in [-0.2, 0) is 0 Å². The molecule has 1 aliphatic carbocycles. The second kappa shape index (κ2) is 3.33. The first-order valence-electron chi connectivity index (χ1n) is 4.86. The fourth-order valence-corrected chi connectivity index (χ4v) is 1.79. The van der Waals surface area contributed by atoms with E-state index in [9.17, 15) is 0 Å². The maximum absolute atomic E-state index is 8.74. The molecule has 2 fully saturated rings. The van der Waals surface area contributed by atoms with Gasteiger partial charge >= 0.3 is 0 Å². The van der Waals surface area contributed by atoms with E-state index in [0.717, 1.165) is 31.3 Å². The molecule has 3 nitrogen and oxygen atoms in total. The van der Waals surface area contributed by atoms with Gasteiger partial charge in [-0.1, -0.05) is 5.16 Å². The second-order valence-corrected chi connectivity index (χ2v) is 3.86. The highest BCUT2D eigenvalue weighted by Gasteiger charge is 2.27. The maximum Gasteiger partial charge on any atom is 0.144 e. The van der Waals surface area contributed by atoms with Gasteiger partial charge in [-0.15, -0.1) is 0 Å². The molecule has 2 aliphatic rings. The molecule has 1 aliphatic heterocycles. The minimum Gasteiger partial charge on any atom is -0.409 e. The van der Waals surface area contributed by atoms with E-state index in [1.807, 2.05) is 0 Å². The van der Waals surface area contributed by atoms with Gasteiger partial charge < -0.3 is 10.1 Å². The van der Waals surface area contributed by atoms with Crippen molar-refractivity contribution in [1.82, 2.24) is 4.90 Å². The molecule has 1 saturated heterocycles. The SMILES string of the molecule is ON=C1CCCCN1CC1CC1. The number of amidine groups is 1. The van der Waals surface area contributed by atoms with Crippen molar-refractivity contribution >= 4 is 5.84 Å². The molecule has 2 rings (SSSR count). The van der Waals surface area contributed by atoms with Crippen LogP contribution in [0.5, 0.6) is 0 Å². The van der Waals surface area contributed by atoms with Crippen LogP contribution >= 0.6 is 0 Å². The lowest BCUT2D eigenvalue weighted by Gasteiger charge is -2.29. The average molecular weight is 168 g/mol. The first kappa shape index (κ1) is 7.90. The third-order valence-corrected chi connectivity index (χ3v) is 2.73. The molecule has 0 aromatic heterocycles. The fraction of sp³-hybridized carbons (Fsp3) is 0.889. The van der Waals surface area contributed by atoms with Crippen LogP contribution in [-0.4, -0.2) is 29.0 Å². The van der Waals surface area contributed by atoms with Gasteiger partial charge in [-0.2, -0.15) is 0 Å². The highest BCUT2D eigenvalue weighted by molar-refractivity contribution is 5.82. The molecule has 0 spiro atoms. The van der Waals surface area contributed by atoms with Crippen molar-refractivity contribution in [1.29, 1.82) is 0 Å². The Morgan fingerprint density at radius 3 is 2.92 bits per heavy atom. The van der Waals surface area contributed by atoms with E-state index in [1.54, 1.807) is 0 Å². The average Bonchev–Trinajstić information content (AvgIpc) is 2.89. The normalized spacial score (nSPS) is 28.0. The maximum atomic E-state index is 8.74. The highest BCUT2D eigenvalue weighted by Crippen LogP contribution is 2.30. The highest BCUT2D eigenvalue weighted by atomic mass is 16.4. The van der Waals surface area contributed by atoms with Gasteiger partial charge in [0.25, 0.3) is 0 Å². The lowest BCUT2D eigenvalue weighted by Crippen LogP contribution is -2.36. The summed E-state index contributed by atoms with van der Waals surface area (Å²) >= 11 is 0. The molecule has 0 atom stereocenters. The first-order valence-corrected chi connectivity index (χ1v) is 4.86. The molecule has 68 valence electrons. The molecular weight excluding hydrogens is 152 g/mol. The summed E-state index contributed by atoms with van der Waals surface area (Å²) in [5.74, 6) is 1.80. The van der Waals surface area contributed by atoms with Gasteiger partial charge in [-0.3, -0.25) is 0 Å². The third-order valence-electron chi connectivity index (χ3n) is 2.73. The zero-order valence-corrected chi connectivity index (χ0v) is 7.37. The van der Waals surface area contributed by atoms with Crippen LogP contribution in [0.15, 0.2) is 5.16 Å². The molecule has 0 unspecified atom stereocenters. The minimum absolute atomic E-state index is 0.889. The van der Waals surface area contributed by atoms with Crippen molar-refractivity contribution in [3.8, 4) is 0 Å². The Bertz CT molecular complexity index is 187. The molecule has 1 heterocycles. The molecule has 1 N–H and O–H groups in total. The van der Waals surface area contributed by atoms with Gasteiger partial charge in [0.1, 0.15) is 5.84 Å². The number of piperidine rings is 1. The standard InChI is InChI=1S/C9H16N2O/c12-10-9-3-1-2-6-11(9)7-8-4-5-8/h8,12H,1-7H2. The van der Waals surface area contributed by atoms with E-state index in [0.29, 0.717) is 0 Å². The molecule has 3 heteroatoms. The number of likely N-dealkylation sites (tertiary alicyclic amines) is 1. The quantitative estimate of drug-likeness (QED) is 0.503. The fourth-order valence-electron chi connectivity index (χ4n) is 1.79. The van der Waals surface area contributed by atoms with E-state index in [1.165, 1.54) is 25.7 Å². The van der Waals surface area contributed by atoms with Crippen LogP contribution in [0.25, 0.3) is 0 Å². The molecule has 0 aromatic rings. The molecule has 0 amide bonds. The Balaban J connectivity index is 1.90. The van der Waals surface area contributed by atoms with Crippen molar-refractivity contribution < 1.29 is 5.21 Å². The lowest BCUT2D eigenvalue weighted by atomic mass is 10.1. The number of hydrogen-bond donors (Lipinski definition) is 1. The number of hydrogen-bond acceptors (Lipinski definition) is 2. The van der Waals surface area contributed by atoms with E-state index < -0.39 is 0 Å². The summed E-state index contributed by atoms with van der Waals surface area (Å²) in [5, 5.41) is 12.1. The Morgan fingerprint density at radius 1 is 1.42 bits per heavy atom. The second-order valence-electron chi connectivity index (χ2n) is 3.86. The zero-order chi connectivity index (χ0) is 8.39. The molecule has 12 heavy (non-hydrogen) atoms. The first-order chi connectivity index (χ1) is 5.90. The summed E-state index contributed by atoms with van der Waals surface area (Å²) in [7, 11) is 0. The van der Waals surface area contributed by atoms with Crippen LogP contribution < -0.4 is 0 Å². The third kappa shape index (κ3) is 1.71. The van der Waals surface area contributed by atoms with E-state index in [2.05, 4.69) is 10.1 Å². The van der Waals surface area contributed by atoms with Crippen LogP contribution in [0.4, 0.5) is 0 Å². The summed E-state index contributed by atoms with van der Waals surface area (Å²) in [5.41, 5.74) is 0. The molecule has 1 saturated carbocycles. The van der Waals surface area contributed by atoms with Gasteiger partial charge in [0.15, 0.2) is 0 Å². The number of rotatable bonds is 2. The lowest BCUT2D eigenvalue weighted by molar-refractivity contribution is 0.281. The van der Waals surface area contributed by atoms with Gasteiger partial charge in [-0.05, 0) is 31.6 Å². The van der Waals surface area contributed by atoms with Crippen molar-refractivity contribution in [3.63, 3.8) is 0 Å². The van der Waals surface area contributed by atoms with Crippen LogP contribution in [0.2, 0.25) is 0 Å². The van der Waals surface area contributed by atoms with Crippen molar-refractivity contribution in [2.24, 2.45) is 11.1 Å². The van der Waals surface area contributed by atoms with Gasteiger partial charge in [-0.25, -0.2) is 0 Å². The molecular formula is C9H16N2O. The smallest absolute Gasteiger partial charge is 0.144 e. The predicted octanol–water partition coefficient (Wildman–Crippen LogP) is 1.67. The Labute approximate surface area is 73.1 Å². The minimum atomic E-state index is 0.889. The summed E-state index contributed by atoms with van der Waals surface area (Å²) in [4.78, 5) is 2.25. The zero-order valence-electron chi connectivity index (χ0n) is 7.37. The van der Waals surface area contributed by atoms with Gasteiger partial charge in [0.2, 0.25) is 0 Å². The van der Waals surface area contributed by atoms with Gasteiger partial charge in [0, 0.05) is 19.5 Å². The van der Waals surface area contributed by atoms with Crippen LogP contribution in [0, 0.1) is 5.92 Å². The van der Waals surface area contributed by atoms with Crippen molar-refractivity contribution in [3.05, 3.63) is 0 Å². The van der Waals surface area contributed by atoms with Crippen molar-refractivity contribution in [2.75, 3.05) is 13.1 Å². The van der Waals surface area contributed by atoms with Crippen LogP contribution in [0.3, 0.4) is 0 Å². The Hall–Kier alpha value is -0.730. The monoisotopic (exact) mass is 168 g/mol. The summed E-state index contributed by atoms with van der Waals surface area (Å²) in [6, 6.07) is 0. The molecule has 0 bridgehead atoms. The number of nitrogens with zero attached hydrogens (tertiary/aromatic N) is 2. The Morgan fingerprint density at radius 2 is 2.25 bits per heavy atom. The van der Waals surface area contributed by atoms with E-state index >= 15 is 0 Å². The molecule has 0 aromatic carbocycles. The predicted molar refractivity (Wildman–Crippen MR) is 47.4 cm³/mol. The number of oxime groups is 1. The summed E-state index contributed by atoms with van der Waals surface area (Å²) in [6.45, 7) is 2.22.